The average molecular weight is 323 g/mol. The van der Waals surface area contributed by atoms with Gasteiger partial charge in [0, 0.05) is 27.3 Å². The number of rotatable bonds is 1. The van der Waals surface area contributed by atoms with Crippen molar-refractivity contribution in [2.24, 2.45) is 0 Å². The SMILES string of the molecule is [CH2-][C@H]1O[C@@H](c2c[nH]c(=O)[nH]c2=O)[C@H](O)[C@@H]1O.[Mo]. The molecule has 7 nitrogen and oxygen atoms in total. The van der Waals surface area contributed by atoms with E-state index in [1.807, 2.05) is 4.98 Å². The molecule has 0 saturated carbocycles. The van der Waals surface area contributed by atoms with Gasteiger partial charge in [0.05, 0.1) is 11.7 Å². The summed E-state index contributed by atoms with van der Waals surface area (Å²) >= 11 is 0. The molecule has 0 amide bonds. The molecular formula is C9H11MoN2O5-. The molecule has 2 heterocycles. The fourth-order valence-electron chi connectivity index (χ4n) is 1.64. The van der Waals surface area contributed by atoms with E-state index in [-0.39, 0.29) is 26.6 Å². The van der Waals surface area contributed by atoms with E-state index in [2.05, 4.69) is 11.9 Å². The van der Waals surface area contributed by atoms with E-state index in [1.165, 1.54) is 0 Å². The molecule has 1 aliphatic rings. The second-order valence-corrected chi connectivity index (χ2v) is 3.60. The number of aliphatic hydroxyl groups is 2. The summed E-state index contributed by atoms with van der Waals surface area (Å²) in [6, 6.07) is 0. The van der Waals surface area contributed by atoms with Gasteiger partial charge in [0.2, 0.25) is 0 Å². The zero-order valence-corrected chi connectivity index (χ0v) is 10.6. The summed E-state index contributed by atoms with van der Waals surface area (Å²) < 4.78 is 5.14. The Balaban J connectivity index is 0.00000144. The first kappa shape index (κ1) is 14.3. The summed E-state index contributed by atoms with van der Waals surface area (Å²) in [5.41, 5.74) is -1.25. The van der Waals surface area contributed by atoms with Crippen molar-refractivity contribution >= 4 is 0 Å². The Labute approximate surface area is 110 Å². The first-order valence-electron chi connectivity index (χ1n) is 4.67. The van der Waals surface area contributed by atoms with Gasteiger partial charge in [0.15, 0.2) is 0 Å². The monoisotopic (exact) mass is 325 g/mol. The van der Waals surface area contributed by atoms with E-state index in [0.29, 0.717) is 0 Å². The topological polar surface area (TPSA) is 115 Å². The van der Waals surface area contributed by atoms with Crippen molar-refractivity contribution in [2.45, 2.75) is 24.4 Å². The third-order valence-electron chi connectivity index (χ3n) is 2.52. The number of aromatic amines is 2. The van der Waals surface area contributed by atoms with Crippen LogP contribution < -0.4 is 11.2 Å². The number of H-pyrrole nitrogens is 2. The maximum Gasteiger partial charge on any atom is 0.325 e. The fraction of sp³-hybridized carbons (Fsp3) is 0.444. The fourth-order valence-corrected chi connectivity index (χ4v) is 1.64. The van der Waals surface area contributed by atoms with Gasteiger partial charge in [-0.1, -0.05) is 0 Å². The van der Waals surface area contributed by atoms with E-state index in [0.717, 1.165) is 6.20 Å². The van der Waals surface area contributed by atoms with Gasteiger partial charge in [-0.25, -0.2) is 4.79 Å². The molecule has 8 heteroatoms. The van der Waals surface area contributed by atoms with Crippen molar-refractivity contribution in [3.63, 3.8) is 0 Å². The second-order valence-electron chi connectivity index (χ2n) is 3.60. The van der Waals surface area contributed by atoms with Crippen LogP contribution in [0.2, 0.25) is 0 Å². The van der Waals surface area contributed by atoms with E-state index in [1.54, 1.807) is 0 Å². The number of aromatic nitrogens is 2. The number of aliphatic hydroxyl groups excluding tert-OH is 2. The Kier molecular flexibility index (Phi) is 4.43. The van der Waals surface area contributed by atoms with Crippen LogP contribution in [0, 0.1) is 6.92 Å². The molecule has 0 spiro atoms. The third-order valence-corrected chi connectivity index (χ3v) is 2.52. The van der Waals surface area contributed by atoms with Crippen LogP contribution in [0.25, 0.3) is 0 Å². The summed E-state index contributed by atoms with van der Waals surface area (Å²) in [5, 5.41) is 19.0. The minimum absolute atomic E-state index is 0. The minimum atomic E-state index is -1.24. The van der Waals surface area contributed by atoms with Crippen molar-refractivity contribution in [3.05, 3.63) is 39.5 Å². The Morgan fingerprint density at radius 1 is 1.29 bits per heavy atom. The van der Waals surface area contributed by atoms with Crippen LogP contribution in [0.3, 0.4) is 0 Å². The summed E-state index contributed by atoms with van der Waals surface area (Å²) in [4.78, 5) is 26.5. The minimum Gasteiger partial charge on any atom is -0.397 e. The van der Waals surface area contributed by atoms with E-state index >= 15 is 0 Å². The van der Waals surface area contributed by atoms with Crippen LogP contribution in [0.5, 0.6) is 0 Å². The Bertz CT molecular complexity index is 499. The number of hydrogen-bond donors (Lipinski definition) is 4. The maximum absolute atomic E-state index is 11.4. The van der Waals surface area contributed by atoms with Crippen LogP contribution in [0.15, 0.2) is 15.8 Å². The Morgan fingerprint density at radius 2 is 1.94 bits per heavy atom. The first-order valence-corrected chi connectivity index (χ1v) is 4.67. The summed E-state index contributed by atoms with van der Waals surface area (Å²) in [7, 11) is 0. The Morgan fingerprint density at radius 3 is 2.41 bits per heavy atom. The number of ether oxygens (including phenoxy) is 1. The molecule has 1 aliphatic heterocycles. The van der Waals surface area contributed by atoms with Crippen molar-refractivity contribution in [1.29, 1.82) is 0 Å². The summed E-state index contributed by atoms with van der Waals surface area (Å²) in [5.74, 6) is 0. The third kappa shape index (κ3) is 2.57. The summed E-state index contributed by atoms with van der Waals surface area (Å²) in [6.07, 6.45) is -3.05. The van der Waals surface area contributed by atoms with Crippen molar-refractivity contribution in [3.8, 4) is 0 Å². The van der Waals surface area contributed by atoms with Crippen LogP contribution in [-0.4, -0.2) is 38.5 Å². The van der Waals surface area contributed by atoms with Crippen LogP contribution in [0.1, 0.15) is 11.7 Å². The molecule has 1 aromatic rings. The standard InChI is InChI=1S/C9H11N2O5.Mo/c1-3-5(12)6(13)7(16-3)4-2-10-9(15)11-8(4)14;/h2-3,5-7,12-13H,1H2,(H2,10,11,14,15);/q-1;/t3-,5-,6-,7+;/m1./s1. The van der Waals surface area contributed by atoms with Crippen LogP contribution in [-0.2, 0) is 25.8 Å². The van der Waals surface area contributed by atoms with E-state index < -0.39 is 35.7 Å². The van der Waals surface area contributed by atoms with Gasteiger partial charge in [-0.2, -0.15) is 0 Å². The molecule has 4 atom stereocenters. The summed E-state index contributed by atoms with van der Waals surface area (Å²) in [6.45, 7) is 3.48. The normalized spacial score (nSPS) is 32.2. The van der Waals surface area contributed by atoms with Gasteiger partial charge in [-0.15, -0.1) is 0 Å². The zero-order valence-electron chi connectivity index (χ0n) is 8.62. The van der Waals surface area contributed by atoms with Crippen molar-refractivity contribution in [2.75, 3.05) is 0 Å². The molecule has 1 fully saturated rings. The predicted molar refractivity (Wildman–Crippen MR) is 52.7 cm³/mol. The molecule has 1 saturated heterocycles. The second kappa shape index (κ2) is 5.26. The smallest absolute Gasteiger partial charge is 0.325 e. The molecule has 0 bridgehead atoms. The molecule has 0 aromatic carbocycles. The first-order chi connectivity index (χ1) is 7.50. The molecule has 4 N–H and O–H groups in total. The van der Waals surface area contributed by atoms with Crippen molar-refractivity contribution in [1.82, 2.24) is 9.97 Å². The van der Waals surface area contributed by atoms with Gasteiger partial charge >= 0.3 is 5.69 Å². The van der Waals surface area contributed by atoms with Crippen molar-refractivity contribution < 1.29 is 36.0 Å². The van der Waals surface area contributed by atoms with E-state index in [9.17, 15) is 19.8 Å². The Hall–Kier alpha value is -0.752. The molecule has 0 radical (unpaired) electrons. The molecule has 17 heavy (non-hydrogen) atoms. The molecule has 0 unspecified atom stereocenters. The molecular weight excluding hydrogens is 312 g/mol. The van der Waals surface area contributed by atoms with E-state index in [4.69, 9.17) is 4.74 Å². The quantitative estimate of drug-likeness (QED) is 0.354. The molecule has 0 aliphatic carbocycles. The largest absolute Gasteiger partial charge is 0.397 e. The predicted octanol–water partition coefficient (Wildman–Crippen LogP) is -1.94. The van der Waals surface area contributed by atoms with Gasteiger partial charge in [0.1, 0.15) is 12.2 Å². The zero-order chi connectivity index (χ0) is 11.9. The van der Waals surface area contributed by atoms with Crippen LogP contribution in [0.4, 0.5) is 0 Å². The van der Waals surface area contributed by atoms with Crippen LogP contribution >= 0.6 is 0 Å². The van der Waals surface area contributed by atoms with Gasteiger partial charge in [0.25, 0.3) is 5.56 Å². The van der Waals surface area contributed by atoms with Gasteiger partial charge in [-0.3, -0.25) is 9.78 Å². The van der Waals surface area contributed by atoms with Gasteiger partial charge in [-0.05, 0) is 6.10 Å². The molecule has 1 aromatic heterocycles. The molecule has 2 rings (SSSR count). The maximum atomic E-state index is 11.4. The molecule has 94 valence electrons. The average Bonchev–Trinajstić information content (AvgIpc) is 2.46. The number of hydrogen-bond acceptors (Lipinski definition) is 5. The van der Waals surface area contributed by atoms with Gasteiger partial charge < -0.3 is 26.9 Å². The number of nitrogens with one attached hydrogen (secondary N) is 2.